The minimum Gasteiger partial charge on any atom is -0.475 e. The molecular formula is C21H24F6N4O6S. The van der Waals surface area contributed by atoms with Gasteiger partial charge < -0.3 is 19.8 Å². The highest BCUT2D eigenvalue weighted by Crippen LogP contribution is 2.25. The summed E-state index contributed by atoms with van der Waals surface area (Å²) >= 11 is 1.84. The Hall–Kier alpha value is -3.18. The van der Waals surface area contributed by atoms with Crippen LogP contribution >= 0.6 is 11.3 Å². The zero-order valence-corrected chi connectivity index (χ0v) is 20.7. The number of aromatic nitrogens is 2. The van der Waals surface area contributed by atoms with Gasteiger partial charge in [0.1, 0.15) is 0 Å². The van der Waals surface area contributed by atoms with Gasteiger partial charge in [-0.15, -0.1) is 11.3 Å². The predicted octanol–water partition coefficient (Wildman–Crippen LogP) is 3.08. The fourth-order valence-electron chi connectivity index (χ4n) is 3.37. The van der Waals surface area contributed by atoms with E-state index in [2.05, 4.69) is 34.2 Å². The summed E-state index contributed by atoms with van der Waals surface area (Å²) in [5, 5.41) is 21.7. The molecule has 0 aliphatic carbocycles. The highest BCUT2D eigenvalue weighted by Gasteiger charge is 2.39. The Morgan fingerprint density at radius 3 is 2.05 bits per heavy atom. The number of aliphatic carboxylic acids is 2. The normalized spacial score (nSPS) is 15.9. The number of rotatable bonds is 3. The molecule has 2 aliphatic rings. The standard InChI is InChI=1S/C17H22N4O2S.2C2HF3O2/c1-12-2-3-13(24-12)10-20-5-4-15-14(11-20)16(19-18-15)17(22)21-6-8-23-9-7-21;2*3-2(4,5)1(6)7/h2-3H,4-11H2,1H3,(H,18,19);2*(H,6,7). The number of carboxylic acid groups (broad SMARTS) is 2. The number of ether oxygens (including phenoxy) is 1. The number of hydrogen-bond donors (Lipinski definition) is 3. The first kappa shape index (κ1) is 31.0. The van der Waals surface area contributed by atoms with Crippen molar-refractivity contribution in [3.63, 3.8) is 0 Å². The van der Waals surface area contributed by atoms with Crippen molar-refractivity contribution in [1.82, 2.24) is 20.0 Å². The Morgan fingerprint density at radius 1 is 1.03 bits per heavy atom. The van der Waals surface area contributed by atoms with E-state index < -0.39 is 24.3 Å². The Balaban J connectivity index is 0.000000301. The van der Waals surface area contributed by atoms with Crippen LogP contribution in [0.15, 0.2) is 12.1 Å². The molecular weight excluding hydrogens is 550 g/mol. The Labute approximate surface area is 215 Å². The number of carboxylic acids is 2. The summed E-state index contributed by atoms with van der Waals surface area (Å²) in [6.07, 6.45) is -9.25. The number of nitrogens with zero attached hydrogens (tertiary/aromatic N) is 3. The number of morpholine rings is 1. The molecule has 1 saturated heterocycles. The largest absolute Gasteiger partial charge is 0.490 e. The van der Waals surface area contributed by atoms with Crippen LogP contribution in [0.2, 0.25) is 0 Å². The van der Waals surface area contributed by atoms with Crippen molar-refractivity contribution in [1.29, 1.82) is 0 Å². The number of H-pyrrole nitrogens is 1. The fraction of sp³-hybridized carbons (Fsp3) is 0.524. The van der Waals surface area contributed by atoms with Crippen molar-refractivity contribution in [2.24, 2.45) is 0 Å². The number of fused-ring (bicyclic) bond motifs is 1. The van der Waals surface area contributed by atoms with E-state index >= 15 is 0 Å². The number of carbonyl (C=O) groups excluding carboxylic acids is 1. The van der Waals surface area contributed by atoms with Crippen LogP contribution < -0.4 is 0 Å². The first-order chi connectivity index (χ1) is 17.6. The topological polar surface area (TPSA) is 136 Å². The molecule has 0 spiro atoms. The third-order valence-electron chi connectivity index (χ3n) is 5.17. The Morgan fingerprint density at radius 2 is 1.58 bits per heavy atom. The van der Waals surface area contributed by atoms with E-state index in [4.69, 9.17) is 24.5 Å². The average molecular weight is 575 g/mol. The molecule has 2 aromatic heterocycles. The second-order valence-corrected chi connectivity index (χ2v) is 9.39. The monoisotopic (exact) mass is 574 g/mol. The average Bonchev–Trinajstić information content (AvgIpc) is 3.44. The van der Waals surface area contributed by atoms with E-state index in [1.54, 1.807) is 0 Å². The SMILES string of the molecule is Cc1ccc(CN2CCc3[nH]nc(C(=O)N4CCOCC4)c3C2)s1.O=C(O)C(F)(F)F.O=C(O)C(F)(F)F. The number of hydrogen-bond acceptors (Lipinski definition) is 7. The van der Waals surface area contributed by atoms with Gasteiger partial charge in [0.25, 0.3) is 5.91 Å². The van der Waals surface area contributed by atoms with Crippen molar-refractivity contribution in [2.75, 3.05) is 32.8 Å². The summed E-state index contributed by atoms with van der Waals surface area (Å²) in [5.41, 5.74) is 2.79. The van der Waals surface area contributed by atoms with Crippen LogP contribution in [0.5, 0.6) is 0 Å². The van der Waals surface area contributed by atoms with Gasteiger partial charge in [-0.25, -0.2) is 9.59 Å². The predicted molar refractivity (Wildman–Crippen MR) is 120 cm³/mol. The van der Waals surface area contributed by atoms with E-state index in [0.717, 1.165) is 37.3 Å². The number of amides is 1. The van der Waals surface area contributed by atoms with E-state index in [1.165, 1.54) is 9.75 Å². The summed E-state index contributed by atoms with van der Waals surface area (Å²) in [7, 11) is 0. The number of nitrogens with one attached hydrogen (secondary N) is 1. The van der Waals surface area contributed by atoms with Gasteiger partial charge in [-0.2, -0.15) is 31.4 Å². The summed E-state index contributed by atoms with van der Waals surface area (Å²) in [6.45, 7) is 7.39. The zero-order valence-electron chi connectivity index (χ0n) is 19.9. The number of halogens is 6. The molecule has 0 radical (unpaired) electrons. The molecule has 17 heteroatoms. The van der Waals surface area contributed by atoms with Crippen molar-refractivity contribution >= 4 is 29.2 Å². The Bertz CT molecular complexity index is 1090. The summed E-state index contributed by atoms with van der Waals surface area (Å²) in [5.74, 6) is -5.48. The van der Waals surface area contributed by atoms with Crippen LogP contribution in [0.3, 0.4) is 0 Å². The molecule has 3 N–H and O–H groups in total. The summed E-state index contributed by atoms with van der Waals surface area (Å²) in [4.78, 5) is 37.5. The molecule has 2 aromatic rings. The van der Waals surface area contributed by atoms with Crippen molar-refractivity contribution in [3.8, 4) is 0 Å². The van der Waals surface area contributed by atoms with Crippen LogP contribution in [0, 0.1) is 6.92 Å². The molecule has 0 atom stereocenters. The third kappa shape index (κ3) is 9.29. The number of alkyl halides is 6. The second-order valence-electron chi connectivity index (χ2n) is 8.01. The minimum absolute atomic E-state index is 0.0321. The van der Waals surface area contributed by atoms with E-state index in [-0.39, 0.29) is 5.91 Å². The quantitative estimate of drug-likeness (QED) is 0.476. The molecule has 0 aromatic carbocycles. The minimum atomic E-state index is -5.08. The van der Waals surface area contributed by atoms with Gasteiger partial charge in [0.15, 0.2) is 5.69 Å². The van der Waals surface area contributed by atoms with Gasteiger partial charge in [-0.3, -0.25) is 14.8 Å². The number of aromatic amines is 1. The first-order valence-electron chi connectivity index (χ1n) is 10.9. The number of thiophene rings is 1. The molecule has 1 fully saturated rings. The lowest BCUT2D eigenvalue weighted by molar-refractivity contribution is -0.193. The molecule has 0 saturated carbocycles. The lowest BCUT2D eigenvalue weighted by atomic mass is 10.0. The van der Waals surface area contributed by atoms with Crippen molar-refractivity contribution in [3.05, 3.63) is 38.8 Å². The molecule has 0 bridgehead atoms. The maximum Gasteiger partial charge on any atom is 0.490 e. The van der Waals surface area contributed by atoms with Crippen LogP contribution in [-0.4, -0.2) is 93.3 Å². The summed E-state index contributed by atoms with van der Waals surface area (Å²) < 4.78 is 68.8. The highest BCUT2D eigenvalue weighted by molar-refractivity contribution is 7.11. The van der Waals surface area contributed by atoms with Gasteiger partial charge in [-0.1, -0.05) is 0 Å². The van der Waals surface area contributed by atoms with Gasteiger partial charge in [0, 0.05) is 60.2 Å². The van der Waals surface area contributed by atoms with Gasteiger partial charge in [0.2, 0.25) is 0 Å². The molecule has 10 nitrogen and oxygen atoms in total. The third-order valence-corrected chi connectivity index (χ3v) is 6.16. The van der Waals surface area contributed by atoms with Gasteiger partial charge >= 0.3 is 24.3 Å². The molecule has 1 amide bonds. The van der Waals surface area contributed by atoms with E-state index in [9.17, 15) is 31.1 Å². The number of aryl methyl sites for hydroxylation is 1. The maximum absolute atomic E-state index is 12.8. The smallest absolute Gasteiger partial charge is 0.475 e. The lowest BCUT2D eigenvalue weighted by Gasteiger charge is -2.28. The first-order valence-corrected chi connectivity index (χ1v) is 11.7. The van der Waals surface area contributed by atoms with Crippen LogP contribution in [0.4, 0.5) is 26.3 Å². The van der Waals surface area contributed by atoms with Crippen LogP contribution in [0.25, 0.3) is 0 Å². The van der Waals surface area contributed by atoms with Crippen LogP contribution in [-0.2, 0) is 33.8 Å². The molecule has 0 unspecified atom stereocenters. The molecule has 38 heavy (non-hydrogen) atoms. The van der Waals surface area contributed by atoms with Gasteiger partial charge in [0.05, 0.1) is 13.2 Å². The molecule has 2 aliphatic heterocycles. The fourth-order valence-corrected chi connectivity index (χ4v) is 4.30. The van der Waals surface area contributed by atoms with Crippen molar-refractivity contribution in [2.45, 2.75) is 38.8 Å². The van der Waals surface area contributed by atoms with Crippen molar-refractivity contribution < 1.29 is 55.7 Å². The second kappa shape index (κ2) is 13.1. The van der Waals surface area contributed by atoms with Gasteiger partial charge in [-0.05, 0) is 19.1 Å². The maximum atomic E-state index is 12.8. The highest BCUT2D eigenvalue weighted by atomic mass is 32.1. The van der Waals surface area contributed by atoms with E-state index in [0.29, 0.717) is 32.0 Å². The summed E-state index contributed by atoms with van der Waals surface area (Å²) in [6, 6.07) is 4.37. The molecule has 4 heterocycles. The molecule has 4 rings (SSSR count). The Kier molecular flexibility index (Phi) is 10.7. The van der Waals surface area contributed by atoms with Crippen LogP contribution in [0.1, 0.15) is 31.5 Å². The zero-order chi connectivity index (χ0) is 28.7. The lowest BCUT2D eigenvalue weighted by Crippen LogP contribution is -2.41. The molecule has 212 valence electrons. The number of carbonyl (C=O) groups is 3. The van der Waals surface area contributed by atoms with E-state index in [1.807, 2.05) is 16.2 Å².